The van der Waals surface area contributed by atoms with Crippen molar-refractivity contribution in [2.75, 3.05) is 0 Å². The van der Waals surface area contributed by atoms with Gasteiger partial charge in [-0.05, 0) is 13.8 Å². The number of fused-ring (bicyclic) bond motifs is 1. The van der Waals surface area contributed by atoms with Crippen LogP contribution in [0, 0.1) is 6.92 Å². The van der Waals surface area contributed by atoms with Crippen molar-refractivity contribution in [1.29, 1.82) is 0 Å². The number of ketones is 1. The summed E-state index contributed by atoms with van der Waals surface area (Å²) in [5.74, 6) is -0.659. The standard InChI is InChI=1S/C23H22O9/c1-10-14(31-23-21(29)19(27)20(28)22(32-23)11(2)24)9-16-17(18(10)26)13(25)8-15(30-16)12-6-4-3-5-7-12/h3-9,19-23,26-29H,1-2H3. The van der Waals surface area contributed by atoms with Gasteiger partial charge in [-0.15, -0.1) is 0 Å². The van der Waals surface area contributed by atoms with Crippen molar-refractivity contribution in [2.45, 2.75) is 44.6 Å². The van der Waals surface area contributed by atoms with Gasteiger partial charge in [0.15, 0.2) is 11.2 Å². The Kier molecular flexibility index (Phi) is 5.74. The largest absolute Gasteiger partial charge is 0.507 e. The fraction of sp³-hybridized carbons (Fsp3) is 0.304. The van der Waals surface area contributed by atoms with E-state index in [-0.39, 0.29) is 33.8 Å². The van der Waals surface area contributed by atoms with E-state index in [9.17, 15) is 30.0 Å². The maximum absolute atomic E-state index is 12.7. The smallest absolute Gasteiger partial charge is 0.229 e. The summed E-state index contributed by atoms with van der Waals surface area (Å²) in [7, 11) is 0. The molecule has 1 aromatic heterocycles. The minimum atomic E-state index is -1.69. The maximum Gasteiger partial charge on any atom is 0.229 e. The Morgan fingerprint density at radius 2 is 1.72 bits per heavy atom. The molecular formula is C23H22O9. The van der Waals surface area contributed by atoms with Gasteiger partial charge in [0.25, 0.3) is 0 Å². The normalized spacial score (nSPS) is 25.6. The SMILES string of the molecule is CC(=O)C1OC(Oc2cc3oc(-c4ccccc4)cc(=O)c3c(O)c2C)C(O)C(O)C1O. The number of carbonyl (C=O) groups is 1. The molecule has 9 nitrogen and oxygen atoms in total. The van der Waals surface area contributed by atoms with E-state index in [1.807, 2.05) is 6.07 Å². The predicted octanol–water partition coefficient (Wildman–Crippen LogP) is 1.25. The Morgan fingerprint density at radius 1 is 1.03 bits per heavy atom. The third-order valence-electron chi connectivity index (χ3n) is 5.47. The molecule has 1 aliphatic heterocycles. The van der Waals surface area contributed by atoms with E-state index in [2.05, 4.69) is 0 Å². The van der Waals surface area contributed by atoms with Crippen LogP contribution in [0.4, 0.5) is 0 Å². The van der Waals surface area contributed by atoms with Gasteiger partial charge in [-0.3, -0.25) is 9.59 Å². The van der Waals surface area contributed by atoms with Crippen molar-refractivity contribution < 1.29 is 39.1 Å². The van der Waals surface area contributed by atoms with E-state index in [0.717, 1.165) is 0 Å². The fourth-order valence-corrected chi connectivity index (χ4v) is 3.65. The molecule has 2 aromatic carbocycles. The lowest BCUT2D eigenvalue weighted by Crippen LogP contribution is -2.60. The summed E-state index contributed by atoms with van der Waals surface area (Å²) in [6.07, 6.45) is -7.93. The number of aliphatic hydroxyl groups excluding tert-OH is 3. The van der Waals surface area contributed by atoms with Crippen molar-refractivity contribution in [2.24, 2.45) is 0 Å². The monoisotopic (exact) mass is 442 g/mol. The van der Waals surface area contributed by atoms with Gasteiger partial charge in [-0.1, -0.05) is 30.3 Å². The van der Waals surface area contributed by atoms with Gasteiger partial charge in [-0.2, -0.15) is 0 Å². The van der Waals surface area contributed by atoms with Crippen molar-refractivity contribution in [3.63, 3.8) is 0 Å². The van der Waals surface area contributed by atoms with E-state index < -0.39 is 41.9 Å². The van der Waals surface area contributed by atoms with Crippen LogP contribution < -0.4 is 10.2 Å². The Balaban J connectivity index is 1.77. The summed E-state index contributed by atoms with van der Waals surface area (Å²) in [4.78, 5) is 24.4. The van der Waals surface area contributed by atoms with Gasteiger partial charge in [0, 0.05) is 23.3 Å². The second-order valence-corrected chi connectivity index (χ2v) is 7.69. The molecule has 0 saturated carbocycles. The van der Waals surface area contributed by atoms with Crippen LogP contribution in [-0.2, 0) is 9.53 Å². The van der Waals surface area contributed by atoms with Crippen LogP contribution in [-0.4, -0.2) is 56.9 Å². The van der Waals surface area contributed by atoms with Crippen molar-refractivity contribution >= 4 is 16.8 Å². The molecule has 1 fully saturated rings. The number of carbonyl (C=O) groups excluding carboxylic acids is 1. The highest BCUT2D eigenvalue weighted by molar-refractivity contribution is 5.88. The number of hydrogen-bond acceptors (Lipinski definition) is 9. The van der Waals surface area contributed by atoms with E-state index in [1.54, 1.807) is 24.3 Å². The predicted molar refractivity (Wildman–Crippen MR) is 112 cm³/mol. The van der Waals surface area contributed by atoms with Crippen LogP contribution in [0.1, 0.15) is 12.5 Å². The summed E-state index contributed by atoms with van der Waals surface area (Å²) in [5, 5.41) is 40.9. The molecule has 168 valence electrons. The molecule has 32 heavy (non-hydrogen) atoms. The molecule has 5 unspecified atom stereocenters. The van der Waals surface area contributed by atoms with Gasteiger partial charge >= 0.3 is 0 Å². The Bertz CT molecular complexity index is 1220. The highest BCUT2D eigenvalue weighted by Crippen LogP contribution is 2.37. The zero-order valence-electron chi connectivity index (χ0n) is 17.3. The minimum absolute atomic E-state index is 0.00157. The molecule has 2 heterocycles. The average Bonchev–Trinajstić information content (AvgIpc) is 2.77. The number of aliphatic hydroxyl groups is 3. The first-order valence-electron chi connectivity index (χ1n) is 9.91. The number of phenolic OH excluding ortho intramolecular Hbond substituents is 1. The van der Waals surface area contributed by atoms with Crippen LogP contribution in [0.2, 0.25) is 0 Å². The molecule has 4 N–H and O–H groups in total. The van der Waals surface area contributed by atoms with Crippen molar-refractivity contribution in [1.82, 2.24) is 0 Å². The number of benzene rings is 2. The lowest BCUT2D eigenvalue weighted by Gasteiger charge is -2.39. The lowest BCUT2D eigenvalue weighted by molar-refractivity contribution is -0.265. The third-order valence-corrected chi connectivity index (χ3v) is 5.47. The number of rotatable bonds is 4. The topological polar surface area (TPSA) is 147 Å². The van der Waals surface area contributed by atoms with Gasteiger partial charge in [0.1, 0.15) is 52.6 Å². The van der Waals surface area contributed by atoms with E-state index in [1.165, 1.54) is 26.0 Å². The van der Waals surface area contributed by atoms with Gasteiger partial charge in [0.2, 0.25) is 6.29 Å². The molecule has 0 aliphatic carbocycles. The molecule has 1 aliphatic rings. The highest BCUT2D eigenvalue weighted by Gasteiger charge is 2.47. The van der Waals surface area contributed by atoms with Gasteiger partial charge in [0.05, 0.1) is 0 Å². The van der Waals surface area contributed by atoms with Gasteiger partial charge < -0.3 is 34.3 Å². The molecule has 4 rings (SSSR count). The number of phenols is 1. The Hall–Kier alpha value is -3.24. The molecule has 0 bridgehead atoms. The summed E-state index contributed by atoms with van der Waals surface area (Å²) < 4.78 is 16.9. The second kappa shape index (κ2) is 8.36. The molecule has 0 spiro atoms. The first-order chi connectivity index (χ1) is 15.2. The zero-order chi connectivity index (χ0) is 23.2. The Morgan fingerprint density at radius 3 is 2.38 bits per heavy atom. The van der Waals surface area contributed by atoms with Crippen LogP contribution in [0.3, 0.4) is 0 Å². The summed E-state index contributed by atoms with van der Waals surface area (Å²) in [6.45, 7) is 2.65. The van der Waals surface area contributed by atoms with Crippen LogP contribution in [0.5, 0.6) is 11.5 Å². The lowest BCUT2D eigenvalue weighted by atomic mass is 9.97. The molecule has 3 aromatic rings. The van der Waals surface area contributed by atoms with E-state index >= 15 is 0 Å². The quantitative estimate of drug-likeness (QED) is 0.469. The maximum atomic E-state index is 12.7. The zero-order valence-corrected chi connectivity index (χ0v) is 17.3. The van der Waals surface area contributed by atoms with Crippen LogP contribution in [0.25, 0.3) is 22.3 Å². The van der Waals surface area contributed by atoms with Crippen LogP contribution >= 0.6 is 0 Å². The molecule has 0 amide bonds. The third kappa shape index (κ3) is 3.76. The molecule has 5 atom stereocenters. The van der Waals surface area contributed by atoms with Crippen molar-refractivity contribution in [3.8, 4) is 22.8 Å². The minimum Gasteiger partial charge on any atom is -0.507 e. The fourth-order valence-electron chi connectivity index (χ4n) is 3.65. The first kappa shape index (κ1) is 22.0. The molecular weight excluding hydrogens is 420 g/mol. The van der Waals surface area contributed by atoms with Crippen molar-refractivity contribution in [3.05, 3.63) is 58.3 Å². The summed E-state index contributed by atoms with van der Waals surface area (Å²) in [5.41, 5.74) is 0.388. The van der Waals surface area contributed by atoms with Gasteiger partial charge in [-0.25, -0.2) is 0 Å². The number of Topliss-reactive ketones (excluding diaryl/α,β-unsaturated/α-hetero) is 1. The number of ether oxygens (including phenoxy) is 2. The average molecular weight is 442 g/mol. The van der Waals surface area contributed by atoms with Crippen LogP contribution in [0.15, 0.2) is 51.7 Å². The second-order valence-electron chi connectivity index (χ2n) is 7.69. The first-order valence-corrected chi connectivity index (χ1v) is 9.91. The van der Waals surface area contributed by atoms with E-state index in [0.29, 0.717) is 5.56 Å². The summed E-state index contributed by atoms with van der Waals surface area (Å²) >= 11 is 0. The number of aromatic hydroxyl groups is 1. The summed E-state index contributed by atoms with van der Waals surface area (Å²) in [6, 6.07) is 11.5. The molecule has 0 radical (unpaired) electrons. The number of hydrogen-bond donors (Lipinski definition) is 4. The Labute approximate surface area is 182 Å². The van der Waals surface area contributed by atoms with E-state index in [4.69, 9.17) is 13.9 Å². The highest BCUT2D eigenvalue weighted by atomic mass is 16.7. The molecule has 1 saturated heterocycles. The molecule has 9 heteroatoms.